The average Bonchev–Trinajstić information content (AvgIpc) is 2.82. The van der Waals surface area contributed by atoms with Crippen LogP contribution in [-0.2, 0) is 30.4 Å². The maximum atomic E-state index is 11.2. The van der Waals surface area contributed by atoms with Crippen molar-refractivity contribution < 1.29 is 32.2 Å². The summed E-state index contributed by atoms with van der Waals surface area (Å²) in [7, 11) is -2.64. The number of hydrogen-bond donors (Lipinski definition) is 2. The summed E-state index contributed by atoms with van der Waals surface area (Å²) in [5.41, 5.74) is 6.97. The van der Waals surface area contributed by atoms with Crippen molar-refractivity contribution in [2.75, 3.05) is 31.6 Å². The lowest BCUT2D eigenvalue weighted by molar-refractivity contribution is -0.146. The van der Waals surface area contributed by atoms with Crippen molar-refractivity contribution in [2.45, 2.75) is 38.4 Å². The lowest BCUT2D eigenvalue weighted by Gasteiger charge is -2.27. The number of carbonyl (C=O) groups excluding carboxylic acids is 1. The van der Waals surface area contributed by atoms with Crippen LogP contribution in [0.4, 0.5) is 0 Å². The van der Waals surface area contributed by atoms with E-state index in [1.165, 1.54) is 6.92 Å². The molecule has 0 aromatic heterocycles. The highest BCUT2D eigenvalue weighted by Crippen LogP contribution is 2.40. The van der Waals surface area contributed by atoms with Crippen molar-refractivity contribution in [3.8, 4) is 11.5 Å². The van der Waals surface area contributed by atoms with Gasteiger partial charge in [-0.25, -0.2) is 8.42 Å². The number of carbonyl (C=O) groups is 1. The van der Waals surface area contributed by atoms with E-state index in [9.17, 15) is 13.2 Å². The van der Waals surface area contributed by atoms with Crippen LogP contribution < -0.4 is 15.2 Å². The number of thiol groups is 1. The van der Waals surface area contributed by atoms with E-state index in [0.29, 0.717) is 15.8 Å². The molecular weight excluding hydrogens is 553 g/mol. The molecule has 0 heterocycles. The van der Waals surface area contributed by atoms with Crippen molar-refractivity contribution in [3.63, 3.8) is 0 Å². The van der Waals surface area contributed by atoms with Gasteiger partial charge in [0, 0.05) is 18.9 Å². The summed E-state index contributed by atoms with van der Waals surface area (Å²) in [5, 5.41) is 0.628. The summed E-state index contributed by atoms with van der Waals surface area (Å²) in [5.74, 6) is 0.0786. The smallest absolute Gasteiger partial charge is 0.303 e. The normalized spacial score (nSPS) is 13.3. The van der Waals surface area contributed by atoms with Gasteiger partial charge in [-0.15, -0.1) is 11.6 Å². The molecule has 0 saturated carbocycles. The number of nitrogens with two attached hydrogens (primary N) is 1. The average molecular weight is 583 g/mol. The van der Waals surface area contributed by atoms with Crippen LogP contribution in [0.25, 0.3) is 0 Å². The third kappa shape index (κ3) is 8.97. The Morgan fingerprint density at radius 3 is 2.08 bits per heavy atom. The Bertz CT molecular complexity index is 1060. The van der Waals surface area contributed by atoms with E-state index in [-0.39, 0.29) is 31.4 Å². The molecule has 2 aromatic carbocycles. The minimum atomic E-state index is -2.64. The van der Waals surface area contributed by atoms with Crippen LogP contribution in [0, 0.1) is 0 Å². The molecule has 0 saturated heterocycles. The second-order valence-electron chi connectivity index (χ2n) is 8.41. The molecule has 2 atom stereocenters. The van der Waals surface area contributed by atoms with Crippen molar-refractivity contribution in [1.29, 1.82) is 0 Å². The van der Waals surface area contributed by atoms with Crippen molar-refractivity contribution >= 4 is 51.5 Å². The van der Waals surface area contributed by atoms with Gasteiger partial charge < -0.3 is 24.7 Å². The number of hydrogen-bond acceptors (Lipinski definition) is 8. The van der Waals surface area contributed by atoms with E-state index in [1.54, 1.807) is 24.3 Å². The molecule has 0 aliphatic heterocycles. The van der Waals surface area contributed by atoms with Gasteiger partial charge in [0.05, 0.1) is 15.9 Å². The Balaban J connectivity index is 2.11. The molecule has 200 valence electrons. The van der Waals surface area contributed by atoms with Crippen LogP contribution >= 0.6 is 34.8 Å². The fourth-order valence-electron chi connectivity index (χ4n) is 3.25. The van der Waals surface area contributed by atoms with E-state index in [4.69, 9.17) is 59.5 Å². The molecule has 2 aromatic rings. The standard InChI is InChI=1S/C24H30Cl3NO7S/c1-15(29)35-19(10-25)12-33-23-21(26)8-17(9-22(23)27)24(2,3)16-4-6-18(7-5-16)32-13-20(11-28)34-14-36(30)31/h4-9,19-20,36H,10-14,28H2,1-3H3. The minimum Gasteiger partial charge on any atom is -0.491 e. The third-order valence-electron chi connectivity index (χ3n) is 5.33. The molecule has 2 N–H and O–H groups in total. The first kappa shape index (κ1) is 30.5. The maximum Gasteiger partial charge on any atom is 0.303 e. The zero-order chi connectivity index (χ0) is 26.9. The SMILES string of the molecule is CC(=O)OC(CCl)COc1c(Cl)cc(C(C)(C)c2ccc(OCC(CN)OC[SH](=O)=O)cc2)cc1Cl. The van der Waals surface area contributed by atoms with Crippen LogP contribution in [0.15, 0.2) is 36.4 Å². The Hall–Kier alpha value is -1.75. The van der Waals surface area contributed by atoms with Gasteiger partial charge in [0.15, 0.2) is 16.5 Å². The van der Waals surface area contributed by atoms with E-state index in [0.717, 1.165) is 11.1 Å². The highest BCUT2D eigenvalue weighted by Gasteiger charge is 2.26. The molecule has 8 nitrogen and oxygen atoms in total. The fourth-order valence-corrected chi connectivity index (χ4v) is 4.33. The van der Waals surface area contributed by atoms with Crippen LogP contribution in [0.2, 0.25) is 10.0 Å². The molecule has 36 heavy (non-hydrogen) atoms. The largest absolute Gasteiger partial charge is 0.491 e. The topological polar surface area (TPSA) is 114 Å². The van der Waals surface area contributed by atoms with Gasteiger partial charge in [0.25, 0.3) is 0 Å². The van der Waals surface area contributed by atoms with Crippen LogP contribution in [0.1, 0.15) is 31.9 Å². The Labute approximate surface area is 227 Å². The number of rotatable bonds is 14. The second kappa shape index (κ2) is 14.3. The first-order valence-electron chi connectivity index (χ1n) is 11.0. The van der Waals surface area contributed by atoms with E-state index in [1.807, 2.05) is 26.0 Å². The third-order valence-corrected chi connectivity index (χ3v) is 6.59. The first-order chi connectivity index (χ1) is 17.0. The first-order valence-corrected chi connectivity index (χ1v) is 13.7. The molecule has 2 unspecified atom stereocenters. The van der Waals surface area contributed by atoms with Gasteiger partial charge in [0.2, 0.25) is 0 Å². The molecule has 0 aliphatic rings. The number of alkyl halides is 1. The lowest BCUT2D eigenvalue weighted by atomic mass is 9.78. The molecule has 0 fully saturated rings. The van der Waals surface area contributed by atoms with Crippen molar-refractivity contribution in [2.24, 2.45) is 5.73 Å². The summed E-state index contributed by atoms with van der Waals surface area (Å²) in [6.07, 6.45) is -1.16. The molecular formula is C24H30Cl3NO7S. The lowest BCUT2D eigenvalue weighted by Crippen LogP contribution is -2.30. The highest BCUT2D eigenvalue weighted by atomic mass is 35.5. The van der Waals surface area contributed by atoms with Gasteiger partial charge in [0.1, 0.15) is 37.1 Å². The van der Waals surface area contributed by atoms with Gasteiger partial charge in [-0.05, 0) is 35.4 Å². The monoisotopic (exact) mass is 581 g/mol. The zero-order valence-corrected chi connectivity index (χ0v) is 23.3. The van der Waals surface area contributed by atoms with Gasteiger partial charge in [-0.1, -0.05) is 49.2 Å². The van der Waals surface area contributed by atoms with Gasteiger partial charge in [-0.3, -0.25) is 4.79 Å². The summed E-state index contributed by atoms with van der Waals surface area (Å²) in [4.78, 5) is 11.2. The molecule has 2 rings (SSSR count). The van der Waals surface area contributed by atoms with E-state index < -0.39 is 40.2 Å². The van der Waals surface area contributed by atoms with Crippen LogP contribution in [0.3, 0.4) is 0 Å². The second-order valence-corrected chi connectivity index (χ2v) is 10.5. The van der Waals surface area contributed by atoms with Gasteiger partial charge in [-0.2, -0.15) is 0 Å². The molecule has 12 heteroatoms. The Morgan fingerprint density at radius 1 is 1.00 bits per heavy atom. The fraction of sp³-hybridized carbons (Fsp3) is 0.458. The van der Waals surface area contributed by atoms with Gasteiger partial charge >= 0.3 is 5.97 Å². The molecule has 0 amide bonds. The summed E-state index contributed by atoms with van der Waals surface area (Å²) in [6, 6.07) is 11.0. The Kier molecular flexibility index (Phi) is 12.1. The zero-order valence-electron chi connectivity index (χ0n) is 20.2. The molecule has 0 bridgehead atoms. The van der Waals surface area contributed by atoms with Crippen LogP contribution in [-0.4, -0.2) is 58.2 Å². The van der Waals surface area contributed by atoms with Crippen LogP contribution in [0.5, 0.6) is 11.5 Å². The number of esters is 1. The number of ether oxygens (including phenoxy) is 4. The predicted octanol–water partition coefficient (Wildman–Crippen LogP) is 4.16. The molecule has 0 spiro atoms. The maximum absolute atomic E-state index is 11.2. The quantitative estimate of drug-likeness (QED) is 0.194. The summed E-state index contributed by atoms with van der Waals surface area (Å²) < 4.78 is 43.1. The van der Waals surface area contributed by atoms with Crippen molar-refractivity contribution in [3.05, 3.63) is 57.6 Å². The van der Waals surface area contributed by atoms with Crippen molar-refractivity contribution in [1.82, 2.24) is 0 Å². The minimum absolute atomic E-state index is 0.0119. The Morgan fingerprint density at radius 2 is 1.58 bits per heavy atom. The van der Waals surface area contributed by atoms with E-state index in [2.05, 4.69) is 0 Å². The van der Waals surface area contributed by atoms with E-state index >= 15 is 0 Å². The molecule has 0 radical (unpaired) electrons. The highest BCUT2D eigenvalue weighted by molar-refractivity contribution is 7.72. The summed E-state index contributed by atoms with van der Waals surface area (Å²) >= 11 is 18.8. The summed E-state index contributed by atoms with van der Waals surface area (Å²) in [6.45, 7) is 5.61. The predicted molar refractivity (Wildman–Crippen MR) is 141 cm³/mol. The molecule has 0 aliphatic carbocycles. The number of halogens is 3. The number of benzene rings is 2.